The van der Waals surface area contributed by atoms with Crippen molar-refractivity contribution in [1.29, 1.82) is 0 Å². The number of carbonyl (C=O) groups excluding carboxylic acids is 1. The van der Waals surface area contributed by atoms with Crippen LogP contribution in [0.2, 0.25) is 0 Å². The first kappa shape index (κ1) is 19.0. The second-order valence-corrected chi connectivity index (χ2v) is 2.18. The van der Waals surface area contributed by atoms with E-state index >= 15 is 0 Å². The highest BCUT2D eigenvalue weighted by Gasteiger charge is 1.99. The molecule has 0 aromatic heterocycles. The van der Waals surface area contributed by atoms with Gasteiger partial charge in [0, 0.05) is 11.6 Å². The zero-order valence-electron chi connectivity index (χ0n) is 8.52. The van der Waals surface area contributed by atoms with Crippen molar-refractivity contribution in [3.63, 3.8) is 0 Å². The fourth-order valence-electron chi connectivity index (χ4n) is 0.262. The van der Waals surface area contributed by atoms with Crippen LogP contribution in [0.5, 0.6) is 0 Å². The molecule has 88 valence electrons. The van der Waals surface area contributed by atoms with Gasteiger partial charge in [0.2, 0.25) is 0 Å². The Morgan fingerprint density at radius 1 is 1.47 bits per heavy atom. The van der Waals surface area contributed by atoms with Crippen LogP contribution in [-0.4, -0.2) is 40.8 Å². The summed E-state index contributed by atoms with van der Waals surface area (Å²) in [4.78, 5) is 19.7. The number of carboxylic acid groups (broad SMARTS) is 1. The van der Waals surface area contributed by atoms with Gasteiger partial charge in [0.25, 0.3) is 0 Å². The highest BCUT2D eigenvalue weighted by atomic mass is 16.5. The second kappa shape index (κ2) is 12.3. The number of carbonyl (C=O) groups is 2. The van der Waals surface area contributed by atoms with E-state index in [9.17, 15) is 9.59 Å². The van der Waals surface area contributed by atoms with Crippen LogP contribution in [0.3, 0.4) is 0 Å². The van der Waals surface area contributed by atoms with E-state index in [-0.39, 0.29) is 18.7 Å². The van der Waals surface area contributed by atoms with Crippen molar-refractivity contribution in [2.24, 2.45) is 0 Å². The molecule has 0 amide bonds. The minimum atomic E-state index is -0.981. The molecule has 0 aromatic carbocycles. The first-order chi connectivity index (χ1) is 6.45. The molecule has 0 unspecified atom stereocenters. The molecule has 0 atom stereocenters. The monoisotopic (exact) mass is 220 g/mol. The van der Waals surface area contributed by atoms with Crippen LogP contribution in [0, 0.1) is 0 Å². The Morgan fingerprint density at radius 3 is 2.07 bits per heavy atom. The van der Waals surface area contributed by atoms with E-state index in [2.05, 4.69) is 17.9 Å². The maximum absolute atomic E-state index is 10.5. The lowest BCUT2D eigenvalue weighted by molar-refractivity contribution is -0.139. The fraction of sp³-hybridized carbons (Fsp3) is 0.333. The third-order valence-electron chi connectivity index (χ3n) is 0.848. The Balaban J connectivity index is -0.000000208. The van der Waals surface area contributed by atoms with Crippen LogP contribution in [0.15, 0.2) is 24.8 Å². The molecule has 0 aliphatic rings. The highest BCUT2D eigenvalue weighted by molar-refractivity contribution is 5.86. The molecule has 0 radical (unpaired) electrons. The molecule has 6 heteroatoms. The average Bonchev–Trinajstić information content (AvgIpc) is 2.14. The van der Waals surface area contributed by atoms with Crippen molar-refractivity contribution in [2.75, 3.05) is 13.2 Å². The van der Waals surface area contributed by atoms with Crippen LogP contribution in [0.4, 0.5) is 0 Å². The summed E-state index contributed by atoms with van der Waals surface area (Å²) in [7, 11) is 0. The second-order valence-electron chi connectivity index (χ2n) is 2.18. The lowest BCUT2D eigenvalue weighted by atomic mass is 10.4. The van der Waals surface area contributed by atoms with E-state index < -0.39 is 11.9 Å². The van der Waals surface area contributed by atoms with Crippen molar-refractivity contribution >= 4 is 11.9 Å². The predicted molar refractivity (Wildman–Crippen MR) is 54.3 cm³/mol. The molecule has 4 N–H and O–H groups in total. The quantitative estimate of drug-likeness (QED) is 0.491. The van der Waals surface area contributed by atoms with Crippen molar-refractivity contribution in [2.45, 2.75) is 6.92 Å². The number of esters is 1. The summed E-state index contributed by atoms with van der Waals surface area (Å²) in [6.45, 7) is 7.78. The molecule has 0 aromatic rings. The van der Waals surface area contributed by atoms with E-state index in [1.807, 2.05) is 0 Å². The summed E-state index contributed by atoms with van der Waals surface area (Å²) < 4.78 is 4.46. The first-order valence-corrected chi connectivity index (χ1v) is 3.74. The van der Waals surface area contributed by atoms with Gasteiger partial charge >= 0.3 is 11.9 Å². The summed E-state index contributed by atoms with van der Waals surface area (Å²) in [5, 5.41) is 15.8. The minimum Gasteiger partial charge on any atom is -0.478 e. The fourth-order valence-corrected chi connectivity index (χ4v) is 0.262. The zero-order valence-corrected chi connectivity index (χ0v) is 8.52. The van der Waals surface area contributed by atoms with Gasteiger partial charge < -0.3 is 20.4 Å². The number of carboxylic acids is 1. The van der Waals surface area contributed by atoms with E-state index in [1.54, 1.807) is 6.92 Å². The van der Waals surface area contributed by atoms with Crippen molar-refractivity contribution in [3.05, 3.63) is 24.8 Å². The molecule has 0 rings (SSSR count). The van der Waals surface area contributed by atoms with Gasteiger partial charge in [-0.15, -0.1) is 0 Å². The van der Waals surface area contributed by atoms with Gasteiger partial charge in [-0.3, -0.25) is 0 Å². The molecule has 0 aliphatic heterocycles. The van der Waals surface area contributed by atoms with Gasteiger partial charge in [-0.05, 0) is 6.92 Å². The maximum Gasteiger partial charge on any atom is 0.333 e. The Kier molecular flexibility index (Phi) is 15.6. The van der Waals surface area contributed by atoms with Crippen molar-refractivity contribution in [1.82, 2.24) is 0 Å². The molecule has 15 heavy (non-hydrogen) atoms. The van der Waals surface area contributed by atoms with Crippen LogP contribution in [0.25, 0.3) is 0 Å². The standard InChI is InChI=1S/C6H10O3.C3H4O2.H2O/c1-5(2)6(8)9-4-3-7;1-2-3(4)5;/h7H,1,3-4H2,2H3;2H,1H2,(H,4,5);1H2. The van der Waals surface area contributed by atoms with Gasteiger partial charge in [0.15, 0.2) is 0 Å². The number of aliphatic hydroxyl groups excluding tert-OH is 1. The highest BCUT2D eigenvalue weighted by Crippen LogP contribution is 1.89. The Labute approximate surface area is 87.8 Å². The SMILES string of the molecule is C=C(C)C(=O)OCCO.C=CC(=O)O.O. The third-order valence-corrected chi connectivity index (χ3v) is 0.848. The molecule has 0 heterocycles. The van der Waals surface area contributed by atoms with Crippen LogP contribution >= 0.6 is 0 Å². The van der Waals surface area contributed by atoms with Crippen LogP contribution < -0.4 is 0 Å². The smallest absolute Gasteiger partial charge is 0.333 e. The summed E-state index contributed by atoms with van der Waals surface area (Å²) in [6, 6.07) is 0. The van der Waals surface area contributed by atoms with Crippen molar-refractivity contribution < 1.29 is 30.0 Å². The summed E-state index contributed by atoms with van der Waals surface area (Å²) in [5.74, 6) is -1.44. The number of ether oxygens (including phenoxy) is 1. The number of rotatable bonds is 4. The van der Waals surface area contributed by atoms with E-state index in [1.165, 1.54) is 0 Å². The largest absolute Gasteiger partial charge is 0.478 e. The lowest BCUT2D eigenvalue weighted by Crippen LogP contribution is -2.08. The molecule has 0 saturated heterocycles. The third kappa shape index (κ3) is 19.0. The summed E-state index contributed by atoms with van der Waals surface area (Å²) >= 11 is 0. The molecule has 0 spiro atoms. The van der Waals surface area contributed by atoms with E-state index in [0.29, 0.717) is 5.57 Å². The average molecular weight is 220 g/mol. The number of hydrogen-bond donors (Lipinski definition) is 2. The zero-order chi connectivity index (χ0) is 11.6. The molecular weight excluding hydrogens is 204 g/mol. The Bertz CT molecular complexity index is 221. The van der Waals surface area contributed by atoms with Gasteiger partial charge in [-0.2, -0.15) is 0 Å². The lowest BCUT2D eigenvalue weighted by Gasteiger charge is -1.99. The molecular formula is C9H16O6. The molecule has 6 nitrogen and oxygen atoms in total. The van der Waals surface area contributed by atoms with Gasteiger partial charge in [0.1, 0.15) is 6.61 Å². The molecule has 0 aliphatic carbocycles. The molecule has 0 bridgehead atoms. The van der Waals surface area contributed by atoms with Crippen LogP contribution in [-0.2, 0) is 14.3 Å². The number of aliphatic carboxylic acids is 1. The Morgan fingerprint density at radius 2 is 1.87 bits per heavy atom. The first-order valence-electron chi connectivity index (χ1n) is 3.74. The maximum atomic E-state index is 10.5. The van der Waals surface area contributed by atoms with Gasteiger partial charge in [-0.25, -0.2) is 9.59 Å². The van der Waals surface area contributed by atoms with E-state index in [0.717, 1.165) is 6.08 Å². The predicted octanol–water partition coefficient (Wildman–Crippen LogP) is -0.470. The summed E-state index contributed by atoms with van der Waals surface area (Å²) in [5.41, 5.74) is 0.350. The summed E-state index contributed by atoms with van der Waals surface area (Å²) in [6.07, 6.45) is 0.833. The number of aliphatic hydroxyl groups is 1. The Hall–Kier alpha value is -1.66. The topological polar surface area (TPSA) is 115 Å². The van der Waals surface area contributed by atoms with Gasteiger partial charge in [-0.1, -0.05) is 13.2 Å². The van der Waals surface area contributed by atoms with E-state index in [4.69, 9.17) is 10.2 Å². The molecule has 0 saturated carbocycles. The normalized spacial score (nSPS) is 7.33. The minimum absolute atomic E-state index is 0. The molecule has 0 fully saturated rings. The number of hydrogen-bond acceptors (Lipinski definition) is 4. The van der Waals surface area contributed by atoms with Crippen molar-refractivity contribution in [3.8, 4) is 0 Å². The van der Waals surface area contributed by atoms with Gasteiger partial charge in [0.05, 0.1) is 6.61 Å². The van der Waals surface area contributed by atoms with Crippen LogP contribution in [0.1, 0.15) is 6.92 Å².